The lowest BCUT2D eigenvalue weighted by Crippen LogP contribution is -1.99. The highest BCUT2D eigenvalue weighted by Gasteiger charge is 2.08. The standard InChI is InChI=1S/C14H12FN3/c1-9-4-3-5-12-13(6-10(2)17-14(9)12)18-8-11(15)7-16-18/h3-8H,1-2H3. The van der Waals surface area contributed by atoms with E-state index in [0.717, 1.165) is 27.8 Å². The fraction of sp³-hybridized carbons (Fsp3) is 0.143. The molecule has 0 aliphatic heterocycles. The lowest BCUT2D eigenvalue weighted by atomic mass is 10.1. The number of halogens is 1. The predicted octanol–water partition coefficient (Wildman–Crippen LogP) is 3.18. The van der Waals surface area contributed by atoms with Gasteiger partial charge in [-0.3, -0.25) is 4.98 Å². The molecule has 3 rings (SSSR count). The second kappa shape index (κ2) is 3.91. The molecule has 1 aromatic carbocycles. The number of nitrogens with zero attached hydrogens (tertiary/aromatic N) is 3. The van der Waals surface area contributed by atoms with Crippen LogP contribution in [-0.4, -0.2) is 14.8 Å². The van der Waals surface area contributed by atoms with E-state index in [4.69, 9.17) is 0 Å². The molecule has 2 heterocycles. The van der Waals surface area contributed by atoms with Crippen LogP contribution in [0.25, 0.3) is 16.6 Å². The molecule has 0 spiro atoms. The van der Waals surface area contributed by atoms with Gasteiger partial charge in [-0.1, -0.05) is 18.2 Å². The quantitative estimate of drug-likeness (QED) is 0.655. The van der Waals surface area contributed by atoms with Crippen LogP contribution in [0.3, 0.4) is 0 Å². The number of rotatable bonds is 1. The molecule has 18 heavy (non-hydrogen) atoms. The Hall–Kier alpha value is -2.23. The highest BCUT2D eigenvalue weighted by atomic mass is 19.1. The number of para-hydroxylation sites is 1. The van der Waals surface area contributed by atoms with Crippen LogP contribution in [0.2, 0.25) is 0 Å². The largest absolute Gasteiger partial charge is 0.253 e. The van der Waals surface area contributed by atoms with Crippen molar-refractivity contribution in [3.05, 3.63) is 53.7 Å². The molecule has 0 radical (unpaired) electrons. The Balaban J connectivity index is 2.38. The van der Waals surface area contributed by atoms with E-state index in [1.165, 1.54) is 12.4 Å². The average molecular weight is 241 g/mol. The van der Waals surface area contributed by atoms with Crippen molar-refractivity contribution >= 4 is 10.9 Å². The van der Waals surface area contributed by atoms with E-state index in [-0.39, 0.29) is 5.82 Å². The van der Waals surface area contributed by atoms with Gasteiger partial charge < -0.3 is 0 Å². The molecular formula is C14H12FN3. The second-order valence-electron chi connectivity index (χ2n) is 4.36. The van der Waals surface area contributed by atoms with Gasteiger partial charge in [-0.05, 0) is 25.5 Å². The Labute approximate surface area is 104 Å². The Bertz CT molecular complexity index is 731. The number of fused-ring (bicyclic) bond motifs is 1. The van der Waals surface area contributed by atoms with E-state index < -0.39 is 0 Å². The summed E-state index contributed by atoms with van der Waals surface area (Å²) in [6.07, 6.45) is 2.58. The second-order valence-corrected chi connectivity index (χ2v) is 4.36. The molecule has 0 unspecified atom stereocenters. The fourth-order valence-electron chi connectivity index (χ4n) is 2.12. The zero-order chi connectivity index (χ0) is 12.7. The van der Waals surface area contributed by atoms with Crippen molar-refractivity contribution in [2.24, 2.45) is 0 Å². The first kappa shape index (κ1) is 10.9. The number of aryl methyl sites for hydroxylation is 2. The molecule has 0 saturated heterocycles. The van der Waals surface area contributed by atoms with E-state index >= 15 is 0 Å². The van der Waals surface area contributed by atoms with Gasteiger partial charge in [-0.25, -0.2) is 9.07 Å². The van der Waals surface area contributed by atoms with E-state index in [2.05, 4.69) is 10.1 Å². The van der Waals surface area contributed by atoms with Crippen LogP contribution >= 0.6 is 0 Å². The highest BCUT2D eigenvalue weighted by Crippen LogP contribution is 2.24. The Morgan fingerprint density at radius 3 is 2.78 bits per heavy atom. The van der Waals surface area contributed by atoms with Crippen molar-refractivity contribution in [1.29, 1.82) is 0 Å². The van der Waals surface area contributed by atoms with Gasteiger partial charge in [0.2, 0.25) is 0 Å². The zero-order valence-electron chi connectivity index (χ0n) is 10.2. The van der Waals surface area contributed by atoms with E-state index in [1.54, 1.807) is 4.68 Å². The van der Waals surface area contributed by atoms with E-state index in [0.29, 0.717) is 0 Å². The molecule has 0 atom stereocenters. The summed E-state index contributed by atoms with van der Waals surface area (Å²) in [6, 6.07) is 7.87. The first-order valence-electron chi connectivity index (χ1n) is 5.72. The van der Waals surface area contributed by atoms with Crippen molar-refractivity contribution in [1.82, 2.24) is 14.8 Å². The number of hydrogen-bond acceptors (Lipinski definition) is 2. The zero-order valence-corrected chi connectivity index (χ0v) is 10.2. The van der Waals surface area contributed by atoms with Crippen molar-refractivity contribution in [2.75, 3.05) is 0 Å². The van der Waals surface area contributed by atoms with Crippen LogP contribution in [0.15, 0.2) is 36.7 Å². The van der Waals surface area contributed by atoms with Gasteiger partial charge in [0.15, 0.2) is 5.82 Å². The van der Waals surface area contributed by atoms with Gasteiger partial charge in [0.1, 0.15) is 0 Å². The number of pyridine rings is 1. The van der Waals surface area contributed by atoms with Crippen LogP contribution in [0.5, 0.6) is 0 Å². The molecule has 90 valence electrons. The minimum absolute atomic E-state index is 0.342. The summed E-state index contributed by atoms with van der Waals surface area (Å²) < 4.78 is 14.6. The van der Waals surface area contributed by atoms with Crippen molar-refractivity contribution < 1.29 is 4.39 Å². The third-order valence-corrected chi connectivity index (χ3v) is 2.95. The minimum atomic E-state index is -0.342. The Kier molecular flexibility index (Phi) is 2.37. The molecular weight excluding hydrogens is 229 g/mol. The lowest BCUT2D eigenvalue weighted by molar-refractivity contribution is 0.627. The number of aromatic nitrogens is 3. The van der Waals surface area contributed by atoms with Gasteiger partial charge in [0, 0.05) is 11.1 Å². The first-order valence-corrected chi connectivity index (χ1v) is 5.72. The van der Waals surface area contributed by atoms with Crippen LogP contribution in [0.1, 0.15) is 11.3 Å². The molecule has 0 saturated carbocycles. The van der Waals surface area contributed by atoms with Gasteiger partial charge in [-0.15, -0.1) is 0 Å². The summed E-state index contributed by atoms with van der Waals surface area (Å²) in [7, 11) is 0. The molecule has 2 aromatic heterocycles. The molecule has 0 N–H and O–H groups in total. The topological polar surface area (TPSA) is 30.7 Å². The smallest absolute Gasteiger partial charge is 0.161 e. The molecule has 0 aliphatic carbocycles. The monoisotopic (exact) mass is 241 g/mol. The third kappa shape index (κ3) is 1.66. The third-order valence-electron chi connectivity index (χ3n) is 2.95. The maximum Gasteiger partial charge on any atom is 0.161 e. The summed E-state index contributed by atoms with van der Waals surface area (Å²) in [4.78, 5) is 4.53. The molecule has 4 heteroatoms. The van der Waals surface area contributed by atoms with Gasteiger partial charge in [-0.2, -0.15) is 5.10 Å². The normalized spacial score (nSPS) is 11.1. The van der Waals surface area contributed by atoms with Crippen molar-refractivity contribution in [3.8, 4) is 5.69 Å². The molecule has 3 aromatic rings. The number of hydrogen-bond donors (Lipinski definition) is 0. The molecule has 0 bridgehead atoms. The maximum absolute atomic E-state index is 13.1. The minimum Gasteiger partial charge on any atom is -0.253 e. The van der Waals surface area contributed by atoms with Crippen molar-refractivity contribution in [3.63, 3.8) is 0 Å². The lowest BCUT2D eigenvalue weighted by Gasteiger charge is -2.09. The SMILES string of the molecule is Cc1cc(-n2cc(F)cn2)c2cccc(C)c2n1. The highest BCUT2D eigenvalue weighted by molar-refractivity contribution is 5.89. The van der Waals surface area contributed by atoms with E-state index in [1.807, 2.05) is 38.1 Å². The van der Waals surface area contributed by atoms with Gasteiger partial charge >= 0.3 is 0 Å². The van der Waals surface area contributed by atoms with Crippen LogP contribution < -0.4 is 0 Å². The number of benzene rings is 1. The maximum atomic E-state index is 13.1. The fourth-order valence-corrected chi connectivity index (χ4v) is 2.12. The molecule has 0 amide bonds. The molecule has 0 aliphatic rings. The van der Waals surface area contributed by atoms with Gasteiger partial charge in [0.25, 0.3) is 0 Å². The summed E-state index contributed by atoms with van der Waals surface area (Å²) >= 11 is 0. The van der Waals surface area contributed by atoms with Gasteiger partial charge in [0.05, 0.1) is 23.6 Å². The van der Waals surface area contributed by atoms with Crippen molar-refractivity contribution in [2.45, 2.75) is 13.8 Å². The summed E-state index contributed by atoms with van der Waals surface area (Å²) in [6.45, 7) is 3.94. The Morgan fingerprint density at radius 2 is 2.06 bits per heavy atom. The first-order chi connectivity index (χ1) is 8.65. The van der Waals surface area contributed by atoms with Crippen LogP contribution in [0, 0.1) is 19.7 Å². The summed E-state index contributed by atoms with van der Waals surface area (Å²) in [5, 5.41) is 5.00. The van der Waals surface area contributed by atoms with Crippen LogP contribution in [-0.2, 0) is 0 Å². The molecule has 3 nitrogen and oxygen atoms in total. The predicted molar refractivity (Wildman–Crippen MR) is 68.3 cm³/mol. The molecule has 0 fully saturated rings. The Morgan fingerprint density at radius 1 is 1.22 bits per heavy atom. The van der Waals surface area contributed by atoms with E-state index in [9.17, 15) is 4.39 Å². The van der Waals surface area contributed by atoms with Crippen LogP contribution in [0.4, 0.5) is 4.39 Å². The summed E-state index contributed by atoms with van der Waals surface area (Å²) in [5.74, 6) is -0.342. The average Bonchev–Trinajstić information content (AvgIpc) is 2.76. The summed E-state index contributed by atoms with van der Waals surface area (Å²) in [5.41, 5.74) is 3.78.